The van der Waals surface area contributed by atoms with Crippen molar-refractivity contribution >= 4 is 17.6 Å². The van der Waals surface area contributed by atoms with Gasteiger partial charge in [0.05, 0.1) is 12.2 Å². The number of carbonyl (C=O) groups is 2. The fourth-order valence-electron chi connectivity index (χ4n) is 1.57. The van der Waals surface area contributed by atoms with Crippen LogP contribution in [0.3, 0.4) is 0 Å². The van der Waals surface area contributed by atoms with Gasteiger partial charge in [0.1, 0.15) is 0 Å². The highest BCUT2D eigenvalue weighted by molar-refractivity contribution is 5.93. The van der Waals surface area contributed by atoms with E-state index in [-0.39, 0.29) is 11.9 Å². The van der Waals surface area contributed by atoms with Crippen LogP contribution in [0, 0.1) is 0 Å². The summed E-state index contributed by atoms with van der Waals surface area (Å²) in [6.45, 7) is 2.97. The van der Waals surface area contributed by atoms with Gasteiger partial charge in [-0.15, -0.1) is 0 Å². The zero-order valence-corrected chi connectivity index (χ0v) is 11.9. The number of hydrogen-bond donors (Lipinski definition) is 2. The van der Waals surface area contributed by atoms with E-state index in [1.165, 1.54) is 0 Å². The molecule has 0 atom stereocenters. The van der Waals surface area contributed by atoms with Gasteiger partial charge in [-0.2, -0.15) is 0 Å². The van der Waals surface area contributed by atoms with E-state index in [2.05, 4.69) is 5.32 Å². The fraction of sp³-hybridized carbons (Fsp3) is 0.467. The van der Waals surface area contributed by atoms with Crippen LogP contribution in [0.2, 0.25) is 0 Å². The second-order valence-electron chi connectivity index (χ2n) is 4.51. The Morgan fingerprint density at radius 3 is 2.50 bits per heavy atom. The molecule has 110 valence electrons. The summed E-state index contributed by atoms with van der Waals surface area (Å²) in [6.07, 6.45) is 2.91. The summed E-state index contributed by atoms with van der Waals surface area (Å²) in [6, 6.07) is 6.67. The third-order valence-electron chi connectivity index (χ3n) is 2.74. The molecular weight excluding hydrogens is 256 g/mol. The zero-order valence-electron chi connectivity index (χ0n) is 11.9. The molecule has 1 rings (SSSR count). The molecule has 0 aliphatic rings. The minimum atomic E-state index is -0.334. The molecule has 0 aliphatic carbocycles. The van der Waals surface area contributed by atoms with E-state index >= 15 is 0 Å². The number of esters is 1. The van der Waals surface area contributed by atoms with Crippen molar-refractivity contribution in [3.63, 3.8) is 0 Å². The lowest BCUT2D eigenvalue weighted by Gasteiger charge is -2.06. The van der Waals surface area contributed by atoms with Crippen LogP contribution in [-0.4, -0.2) is 25.0 Å². The third-order valence-corrected chi connectivity index (χ3v) is 2.74. The molecule has 5 nitrogen and oxygen atoms in total. The zero-order chi connectivity index (χ0) is 14.8. The lowest BCUT2D eigenvalue weighted by Crippen LogP contribution is -2.13. The Kier molecular flexibility index (Phi) is 7.35. The monoisotopic (exact) mass is 278 g/mol. The van der Waals surface area contributed by atoms with Crippen LogP contribution in [0.25, 0.3) is 0 Å². The molecule has 0 fully saturated rings. The number of carbonyl (C=O) groups excluding carboxylic acids is 2. The average molecular weight is 278 g/mol. The number of nitrogens with two attached hydrogens (primary N) is 1. The van der Waals surface area contributed by atoms with Crippen molar-refractivity contribution in [3.8, 4) is 0 Å². The molecule has 0 spiro atoms. The second kappa shape index (κ2) is 9.09. The topological polar surface area (TPSA) is 81.4 Å². The molecule has 0 bridgehead atoms. The molecular formula is C15H22N2O3. The molecule has 0 heterocycles. The van der Waals surface area contributed by atoms with Gasteiger partial charge < -0.3 is 15.8 Å². The number of benzene rings is 1. The van der Waals surface area contributed by atoms with E-state index in [1.54, 1.807) is 24.3 Å². The molecule has 0 aromatic heterocycles. The smallest absolute Gasteiger partial charge is 0.338 e. The van der Waals surface area contributed by atoms with Crippen LogP contribution in [0.5, 0.6) is 0 Å². The van der Waals surface area contributed by atoms with Crippen LogP contribution in [0.4, 0.5) is 5.69 Å². The third kappa shape index (κ3) is 5.84. The summed E-state index contributed by atoms with van der Waals surface area (Å²) in [5.41, 5.74) is 6.49. The Balaban J connectivity index is 2.47. The first-order valence-electron chi connectivity index (χ1n) is 6.94. The van der Waals surface area contributed by atoms with Crippen LogP contribution >= 0.6 is 0 Å². The summed E-state index contributed by atoms with van der Waals surface area (Å²) in [4.78, 5) is 23.2. The summed E-state index contributed by atoms with van der Waals surface area (Å²) >= 11 is 0. The van der Waals surface area contributed by atoms with Crippen molar-refractivity contribution in [3.05, 3.63) is 29.8 Å². The van der Waals surface area contributed by atoms with Crippen molar-refractivity contribution in [2.24, 2.45) is 5.73 Å². The van der Waals surface area contributed by atoms with Gasteiger partial charge in [-0.3, -0.25) is 4.79 Å². The first kappa shape index (κ1) is 16.2. The average Bonchev–Trinajstić information content (AvgIpc) is 2.46. The Hall–Kier alpha value is -1.88. The molecule has 1 amide bonds. The highest BCUT2D eigenvalue weighted by atomic mass is 16.5. The van der Waals surface area contributed by atoms with Gasteiger partial charge in [0.2, 0.25) is 5.91 Å². The molecule has 0 saturated heterocycles. The van der Waals surface area contributed by atoms with Gasteiger partial charge >= 0.3 is 5.97 Å². The summed E-state index contributed by atoms with van der Waals surface area (Å²) in [5.74, 6) is -0.409. The Bertz CT molecular complexity index is 429. The van der Waals surface area contributed by atoms with Crippen molar-refractivity contribution in [1.82, 2.24) is 0 Å². The van der Waals surface area contributed by atoms with Gasteiger partial charge in [-0.25, -0.2) is 4.79 Å². The summed E-state index contributed by atoms with van der Waals surface area (Å²) in [7, 11) is 0. The maximum Gasteiger partial charge on any atom is 0.338 e. The Labute approximate surface area is 119 Å². The van der Waals surface area contributed by atoms with Crippen molar-refractivity contribution in [1.29, 1.82) is 0 Å². The van der Waals surface area contributed by atoms with E-state index in [4.69, 9.17) is 10.5 Å². The van der Waals surface area contributed by atoms with Crippen molar-refractivity contribution in [2.75, 3.05) is 18.5 Å². The quantitative estimate of drug-likeness (QED) is 0.565. The molecule has 0 saturated carbocycles. The molecule has 20 heavy (non-hydrogen) atoms. The number of hydrogen-bond acceptors (Lipinski definition) is 4. The van der Waals surface area contributed by atoms with Crippen LogP contribution in [0.1, 0.15) is 43.0 Å². The largest absolute Gasteiger partial charge is 0.462 e. The minimum absolute atomic E-state index is 0.0753. The lowest BCUT2D eigenvalue weighted by atomic mass is 10.2. The SMILES string of the molecule is CCCCOC(=O)c1ccc(NC(=O)CCCN)cc1. The number of ether oxygens (including phenoxy) is 1. The molecule has 0 radical (unpaired) electrons. The Morgan fingerprint density at radius 2 is 1.90 bits per heavy atom. The van der Waals surface area contributed by atoms with Gasteiger partial charge in [-0.05, 0) is 43.7 Å². The molecule has 0 unspecified atom stereocenters. The van der Waals surface area contributed by atoms with Gasteiger partial charge in [0, 0.05) is 12.1 Å². The van der Waals surface area contributed by atoms with Gasteiger partial charge in [0.25, 0.3) is 0 Å². The maximum absolute atomic E-state index is 11.7. The Morgan fingerprint density at radius 1 is 1.20 bits per heavy atom. The molecule has 5 heteroatoms. The number of rotatable bonds is 8. The summed E-state index contributed by atoms with van der Waals surface area (Å²) < 4.78 is 5.10. The first-order valence-corrected chi connectivity index (χ1v) is 6.94. The van der Waals surface area contributed by atoms with Crippen molar-refractivity contribution < 1.29 is 14.3 Å². The molecule has 1 aromatic rings. The second-order valence-corrected chi connectivity index (χ2v) is 4.51. The number of amides is 1. The highest BCUT2D eigenvalue weighted by Crippen LogP contribution is 2.11. The number of nitrogens with one attached hydrogen (secondary N) is 1. The fourth-order valence-corrected chi connectivity index (χ4v) is 1.57. The summed E-state index contributed by atoms with van der Waals surface area (Å²) in [5, 5.41) is 2.75. The van der Waals surface area contributed by atoms with Gasteiger partial charge in [-0.1, -0.05) is 13.3 Å². The van der Waals surface area contributed by atoms with E-state index < -0.39 is 0 Å². The van der Waals surface area contributed by atoms with E-state index in [0.717, 1.165) is 12.8 Å². The first-order chi connectivity index (χ1) is 9.67. The number of anilines is 1. The van der Waals surface area contributed by atoms with Crippen LogP contribution in [0.15, 0.2) is 24.3 Å². The van der Waals surface area contributed by atoms with E-state index in [9.17, 15) is 9.59 Å². The normalized spacial score (nSPS) is 10.1. The molecule has 3 N–H and O–H groups in total. The maximum atomic E-state index is 11.7. The highest BCUT2D eigenvalue weighted by Gasteiger charge is 2.07. The molecule has 0 aliphatic heterocycles. The minimum Gasteiger partial charge on any atom is -0.462 e. The van der Waals surface area contributed by atoms with Crippen LogP contribution in [-0.2, 0) is 9.53 Å². The predicted molar refractivity (Wildman–Crippen MR) is 78.6 cm³/mol. The van der Waals surface area contributed by atoms with E-state index in [1.807, 2.05) is 6.92 Å². The lowest BCUT2D eigenvalue weighted by molar-refractivity contribution is -0.116. The predicted octanol–water partition coefficient (Wildman–Crippen LogP) is 2.32. The number of unbranched alkanes of at least 4 members (excludes halogenated alkanes) is 1. The molecule has 1 aromatic carbocycles. The van der Waals surface area contributed by atoms with Gasteiger partial charge in [0.15, 0.2) is 0 Å². The van der Waals surface area contributed by atoms with E-state index in [0.29, 0.717) is 37.2 Å². The van der Waals surface area contributed by atoms with Crippen LogP contribution < -0.4 is 11.1 Å². The van der Waals surface area contributed by atoms with Crippen molar-refractivity contribution in [2.45, 2.75) is 32.6 Å². The standard InChI is InChI=1S/C15H22N2O3/c1-2-3-11-20-15(19)12-6-8-13(9-7-12)17-14(18)5-4-10-16/h6-9H,2-5,10-11,16H2,1H3,(H,17,18).